The Kier molecular flexibility index (Phi) is 24.4. The van der Waals surface area contributed by atoms with Gasteiger partial charge in [-0.05, 0) is 44.9 Å². The highest BCUT2D eigenvalue weighted by atomic mass is 31.2. The molecule has 0 aliphatic carbocycles. The fourth-order valence-corrected chi connectivity index (χ4v) is 3.88. The van der Waals surface area contributed by atoms with Gasteiger partial charge in [0.2, 0.25) is 0 Å². The van der Waals surface area contributed by atoms with Crippen molar-refractivity contribution in [3.05, 3.63) is 72.9 Å². The SMILES string of the molecule is CC/C=C\C/C=C\C/C=C\C/C=C\C/C=C\C/C=C\CCC(=O)OC(COC(=O)CC)COP(=O)(O)OCC[N+](C)(C)C. The fourth-order valence-electron chi connectivity index (χ4n) is 3.13. The minimum atomic E-state index is -4.36. The molecule has 0 amide bonds. The first-order valence-corrected chi connectivity index (χ1v) is 16.7. The number of ether oxygens (including phenoxy) is 2. The number of phosphoric ester groups is 1. The van der Waals surface area contributed by atoms with Gasteiger partial charge in [0.05, 0.1) is 27.7 Å². The second-order valence-corrected chi connectivity index (χ2v) is 12.2. The predicted molar refractivity (Wildman–Crippen MR) is 173 cm³/mol. The molecule has 0 heterocycles. The van der Waals surface area contributed by atoms with Crippen LogP contribution in [0.3, 0.4) is 0 Å². The molecule has 0 spiro atoms. The number of phosphoric acid groups is 1. The van der Waals surface area contributed by atoms with E-state index in [1.165, 1.54) is 0 Å². The molecule has 0 aromatic carbocycles. The van der Waals surface area contributed by atoms with Crippen molar-refractivity contribution in [2.45, 2.75) is 77.7 Å². The van der Waals surface area contributed by atoms with Gasteiger partial charge >= 0.3 is 19.8 Å². The number of rotatable bonds is 25. The van der Waals surface area contributed by atoms with Gasteiger partial charge in [0.1, 0.15) is 19.8 Å². The van der Waals surface area contributed by atoms with Gasteiger partial charge in [-0.2, -0.15) is 0 Å². The number of esters is 2. The lowest BCUT2D eigenvalue weighted by Crippen LogP contribution is -2.37. The van der Waals surface area contributed by atoms with Gasteiger partial charge < -0.3 is 18.9 Å². The first kappa shape index (κ1) is 40.5. The van der Waals surface area contributed by atoms with Crippen molar-refractivity contribution >= 4 is 19.8 Å². The summed E-state index contributed by atoms with van der Waals surface area (Å²) in [5.41, 5.74) is 0. The summed E-state index contributed by atoms with van der Waals surface area (Å²) < 4.78 is 33.1. The lowest BCUT2D eigenvalue weighted by atomic mass is 10.2. The average molecular weight is 625 g/mol. The highest BCUT2D eigenvalue weighted by Crippen LogP contribution is 2.43. The van der Waals surface area contributed by atoms with Crippen LogP contribution in [0, 0.1) is 0 Å². The van der Waals surface area contributed by atoms with Crippen molar-refractivity contribution in [1.29, 1.82) is 0 Å². The van der Waals surface area contributed by atoms with Crippen molar-refractivity contribution in [1.82, 2.24) is 0 Å². The van der Waals surface area contributed by atoms with Crippen LogP contribution in [0.4, 0.5) is 0 Å². The molecule has 0 aliphatic rings. The maximum atomic E-state index is 12.3. The minimum absolute atomic E-state index is 0.0124. The zero-order chi connectivity index (χ0) is 32.2. The molecule has 10 heteroatoms. The van der Waals surface area contributed by atoms with Crippen LogP contribution in [0.5, 0.6) is 0 Å². The second kappa shape index (κ2) is 25.9. The Labute approximate surface area is 259 Å². The number of hydrogen-bond acceptors (Lipinski definition) is 7. The lowest BCUT2D eigenvalue weighted by molar-refractivity contribution is -0.870. The van der Waals surface area contributed by atoms with E-state index < -0.39 is 32.5 Å². The zero-order valence-electron chi connectivity index (χ0n) is 26.9. The molecule has 2 atom stereocenters. The summed E-state index contributed by atoms with van der Waals surface area (Å²) in [5.74, 6) is -1.01. The van der Waals surface area contributed by atoms with Gasteiger partial charge in [-0.25, -0.2) is 4.57 Å². The molecule has 0 radical (unpaired) electrons. The maximum absolute atomic E-state index is 12.3. The van der Waals surface area contributed by atoms with Crippen LogP contribution in [0.1, 0.15) is 71.6 Å². The summed E-state index contributed by atoms with van der Waals surface area (Å²) in [6.07, 6.45) is 30.7. The summed E-state index contributed by atoms with van der Waals surface area (Å²) in [6, 6.07) is 0. The number of likely N-dealkylation sites (N-methyl/N-ethyl adjacent to an activating group) is 1. The molecule has 43 heavy (non-hydrogen) atoms. The van der Waals surface area contributed by atoms with Crippen LogP contribution in [0.2, 0.25) is 0 Å². The van der Waals surface area contributed by atoms with Crippen LogP contribution < -0.4 is 0 Å². The van der Waals surface area contributed by atoms with E-state index >= 15 is 0 Å². The highest BCUT2D eigenvalue weighted by Gasteiger charge is 2.26. The summed E-state index contributed by atoms with van der Waals surface area (Å²) in [4.78, 5) is 33.8. The first-order chi connectivity index (χ1) is 20.5. The van der Waals surface area contributed by atoms with E-state index in [1.807, 2.05) is 33.3 Å². The van der Waals surface area contributed by atoms with E-state index in [9.17, 15) is 19.0 Å². The molecule has 244 valence electrons. The Morgan fingerprint density at radius 3 is 1.67 bits per heavy atom. The third-order valence-corrected chi connectivity index (χ3v) is 6.55. The van der Waals surface area contributed by atoms with E-state index in [2.05, 4.69) is 67.7 Å². The summed E-state index contributed by atoms with van der Waals surface area (Å²) in [7, 11) is 1.40. The fraction of sp³-hybridized carbons (Fsp3) is 0.576. The molecular formula is C33H55NO8P+. The van der Waals surface area contributed by atoms with Gasteiger partial charge in [0.15, 0.2) is 6.10 Å². The quantitative estimate of drug-likeness (QED) is 0.0493. The summed E-state index contributed by atoms with van der Waals surface area (Å²) in [6.45, 7) is 3.55. The van der Waals surface area contributed by atoms with Crippen molar-refractivity contribution in [2.24, 2.45) is 0 Å². The second-order valence-electron chi connectivity index (χ2n) is 10.7. The Bertz CT molecular complexity index is 976. The molecule has 2 unspecified atom stereocenters. The number of nitrogens with zero attached hydrogens (tertiary/aromatic N) is 1. The first-order valence-electron chi connectivity index (χ1n) is 15.2. The Hall–Kier alpha value is -2.55. The molecule has 0 aliphatic heterocycles. The van der Waals surface area contributed by atoms with Gasteiger partial charge in [-0.1, -0.05) is 86.8 Å². The number of hydrogen-bond donors (Lipinski definition) is 1. The number of carbonyl (C=O) groups is 2. The van der Waals surface area contributed by atoms with Gasteiger partial charge in [0, 0.05) is 12.8 Å². The van der Waals surface area contributed by atoms with Crippen LogP contribution in [0.25, 0.3) is 0 Å². The summed E-state index contributed by atoms with van der Waals surface area (Å²) in [5, 5.41) is 0. The van der Waals surface area contributed by atoms with Gasteiger partial charge in [-0.3, -0.25) is 18.6 Å². The Morgan fingerprint density at radius 1 is 0.721 bits per heavy atom. The molecule has 0 rings (SSSR count). The van der Waals surface area contributed by atoms with Crippen molar-refractivity contribution < 1.29 is 42.1 Å². The molecule has 9 nitrogen and oxygen atoms in total. The van der Waals surface area contributed by atoms with Crippen molar-refractivity contribution in [3.8, 4) is 0 Å². The molecular weight excluding hydrogens is 569 g/mol. The molecule has 0 aromatic heterocycles. The molecule has 0 saturated carbocycles. The van der Waals surface area contributed by atoms with Crippen LogP contribution in [0.15, 0.2) is 72.9 Å². The average Bonchev–Trinajstić information content (AvgIpc) is 2.94. The molecule has 1 N–H and O–H groups in total. The Balaban J connectivity index is 4.31. The van der Waals surface area contributed by atoms with Crippen LogP contribution in [-0.2, 0) is 32.7 Å². The molecule has 0 bridgehead atoms. The van der Waals surface area contributed by atoms with E-state index in [1.54, 1.807) is 6.92 Å². The number of allylic oxidation sites excluding steroid dienone is 12. The zero-order valence-corrected chi connectivity index (χ0v) is 27.8. The van der Waals surface area contributed by atoms with Crippen LogP contribution in [-0.4, -0.2) is 74.9 Å². The van der Waals surface area contributed by atoms with E-state index in [0.717, 1.165) is 38.5 Å². The van der Waals surface area contributed by atoms with E-state index in [4.69, 9.17) is 18.5 Å². The Morgan fingerprint density at radius 2 is 1.21 bits per heavy atom. The third-order valence-electron chi connectivity index (χ3n) is 5.57. The van der Waals surface area contributed by atoms with Crippen molar-refractivity contribution in [3.63, 3.8) is 0 Å². The smallest absolute Gasteiger partial charge is 0.462 e. The molecule has 0 aromatic rings. The van der Waals surface area contributed by atoms with Crippen LogP contribution >= 0.6 is 7.82 Å². The highest BCUT2D eigenvalue weighted by molar-refractivity contribution is 7.47. The summed E-state index contributed by atoms with van der Waals surface area (Å²) >= 11 is 0. The normalized spacial score (nSPS) is 15.0. The van der Waals surface area contributed by atoms with Gasteiger partial charge in [-0.15, -0.1) is 0 Å². The minimum Gasteiger partial charge on any atom is -0.462 e. The van der Waals surface area contributed by atoms with Crippen molar-refractivity contribution in [2.75, 3.05) is 47.5 Å². The topological polar surface area (TPSA) is 108 Å². The standard InChI is InChI=1S/C33H54NO8P/c1-6-8-9-10-11-12-13-14-15-16-17-18-19-20-21-22-23-24-25-26-33(36)42-31(29-39-32(35)7-2)30-41-43(37,38)40-28-27-34(3,4)5/h8-9,11-12,14-15,17-18,20-21,23-24,31H,6-7,10,13,16,19,22,25-30H2,1-5H3/p+1/b9-8-,12-11-,15-14-,18-17-,21-20-,24-23-. The lowest BCUT2D eigenvalue weighted by Gasteiger charge is -2.24. The third kappa shape index (κ3) is 29.3. The van der Waals surface area contributed by atoms with Gasteiger partial charge in [0.25, 0.3) is 0 Å². The molecule has 0 fully saturated rings. The molecule has 0 saturated heterocycles. The monoisotopic (exact) mass is 624 g/mol. The largest absolute Gasteiger partial charge is 0.472 e. The number of quaternary nitrogens is 1. The van der Waals surface area contributed by atoms with E-state index in [-0.39, 0.29) is 26.1 Å². The maximum Gasteiger partial charge on any atom is 0.472 e. The van der Waals surface area contributed by atoms with E-state index in [0.29, 0.717) is 17.4 Å². The number of carbonyl (C=O) groups excluding carboxylic acids is 2. The predicted octanol–water partition coefficient (Wildman–Crippen LogP) is 7.17.